The number of benzene rings is 1. The summed E-state index contributed by atoms with van der Waals surface area (Å²) in [4.78, 5) is 24.7. The summed E-state index contributed by atoms with van der Waals surface area (Å²) in [6.07, 6.45) is 0.235. The van der Waals surface area contributed by atoms with E-state index in [0.717, 1.165) is 5.01 Å². The third-order valence-electron chi connectivity index (χ3n) is 6.85. The predicted molar refractivity (Wildman–Crippen MR) is 139 cm³/mol. The average molecular weight is 594 g/mol. The van der Waals surface area contributed by atoms with Crippen molar-refractivity contribution >= 4 is 23.0 Å². The Morgan fingerprint density at radius 2 is 1.98 bits per heavy atom. The van der Waals surface area contributed by atoms with E-state index in [1.54, 1.807) is 4.90 Å². The number of rotatable bonds is 9. The fourth-order valence-electron chi connectivity index (χ4n) is 4.80. The number of thiazole rings is 1. The number of likely N-dealkylation sites (tertiary alicyclic amines) is 1. The molecule has 2 aliphatic heterocycles. The lowest BCUT2D eigenvalue weighted by atomic mass is 9.97. The highest BCUT2D eigenvalue weighted by Crippen LogP contribution is 2.37. The highest BCUT2D eigenvalue weighted by molar-refractivity contribution is 7.10. The molecule has 2 aliphatic rings. The van der Waals surface area contributed by atoms with Crippen molar-refractivity contribution in [3.8, 4) is 18.1 Å². The lowest BCUT2D eigenvalue weighted by Gasteiger charge is -2.30. The zero-order valence-corrected chi connectivity index (χ0v) is 22.3. The number of oxime groups is 1. The molecule has 4 heterocycles. The summed E-state index contributed by atoms with van der Waals surface area (Å²) in [7, 11) is 0. The van der Waals surface area contributed by atoms with E-state index in [1.807, 2.05) is 5.38 Å². The number of terminal acetylenes is 1. The zero-order valence-electron chi connectivity index (χ0n) is 21.5. The first-order valence-electron chi connectivity index (χ1n) is 12.7. The first-order chi connectivity index (χ1) is 19.7. The summed E-state index contributed by atoms with van der Waals surface area (Å²) in [5, 5.41) is 10.3. The van der Waals surface area contributed by atoms with E-state index in [1.165, 1.54) is 29.5 Å². The van der Waals surface area contributed by atoms with Crippen LogP contribution in [0.1, 0.15) is 76.6 Å². The molecule has 1 unspecified atom stereocenters. The molecule has 0 spiro atoms. The quantitative estimate of drug-likeness (QED) is 0.232. The van der Waals surface area contributed by atoms with Crippen molar-refractivity contribution in [2.45, 2.75) is 44.1 Å². The Morgan fingerprint density at radius 1 is 1.20 bits per heavy atom. The lowest BCUT2D eigenvalue weighted by molar-refractivity contribution is 0.0767. The largest absolute Gasteiger partial charge is 0.481 e. The molecule has 3 aromatic rings. The molecule has 1 fully saturated rings. The zero-order chi connectivity index (χ0) is 29.1. The van der Waals surface area contributed by atoms with Crippen LogP contribution in [0, 0.1) is 18.2 Å². The normalized spacial score (nSPS) is 18.0. The second-order valence-corrected chi connectivity index (χ2v) is 10.4. The second-order valence-electron chi connectivity index (χ2n) is 9.53. The minimum Gasteiger partial charge on any atom is -0.481 e. The maximum atomic E-state index is 13.9. The molecule has 0 radical (unpaired) electrons. The van der Waals surface area contributed by atoms with Crippen LogP contribution in [0.5, 0.6) is 5.75 Å². The summed E-state index contributed by atoms with van der Waals surface area (Å²) in [5.74, 6) is 1.68. The maximum Gasteiger partial charge on any atom is 0.282 e. The van der Waals surface area contributed by atoms with Crippen LogP contribution in [0.3, 0.4) is 0 Å². The molecule has 0 bridgehead atoms. The van der Waals surface area contributed by atoms with E-state index >= 15 is 0 Å². The Balaban J connectivity index is 1.17. The Hall–Kier alpha value is -3.83. The molecule has 0 N–H and O–H groups in total. The molecule has 41 heavy (non-hydrogen) atoms. The summed E-state index contributed by atoms with van der Waals surface area (Å²) < 4.78 is 72.2. The standard InChI is InChI=1S/C27H24F5N5O3S/c1-2-9-39-22-4-3-16(28)10-17(22)23-12-18(35-40-23)20-14-41-27(33-20)15-5-7-36(8-6-15)13-24(38)37-21(26(31)32)11-19(34-37)25(29)30/h1,3-4,10-11,14-15,23,25-26H,5-9,12-13H2. The molecule has 1 atom stereocenters. The van der Waals surface area contributed by atoms with E-state index in [9.17, 15) is 26.7 Å². The SMILES string of the molecule is C#CCOc1ccc(F)cc1C1CC(c2csc(C3CCN(CC(=O)n4nc(C(F)F)cc4C(F)F)CC3)n2)=NO1. The van der Waals surface area contributed by atoms with Crippen LogP contribution >= 0.6 is 11.3 Å². The van der Waals surface area contributed by atoms with Gasteiger partial charge in [-0.05, 0) is 50.2 Å². The topological polar surface area (TPSA) is 81.8 Å². The van der Waals surface area contributed by atoms with Crippen LogP contribution in [-0.4, -0.2) is 57.5 Å². The number of aromatic nitrogens is 3. The minimum absolute atomic E-state index is 0.0289. The molecular formula is C27H24F5N5O3S. The van der Waals surface area contributed by atoms with Gasteiger partial charge in [-0.2, -0.15) is 9.78 Å². The first-order valence-corrected chi connectivity index (χ1v) is 13.6. The molecule has 216 valence electrons. The van der Waals surface area contributed by atoms with Crippen molar-refractivity contribution < 1.29 is 36.3 Å². The van der Waals surface area contributed by atoms with E-state index in [2.05, 4.69) is 16.2 Å². The van der Waals surface area contributed by atoms with Gasteiger partial charge in [0, 0.05) is 23.3 Å². The molecule has 0 aliphatic carbocycles. The Kier molecular flexibility index (Phi) is 8.65. The second kappa shape index (κ2) is 12.4. The van der Waals surface area contributed by atoms with Gasteiger partial charge < -0.3 is 9.57 Å². The van der Waals surface area contributed by atoms with Gasteiger partial charge >= 0.3 is 0 Å². The number of piperidine rings is 1. The number of carbonyl (C=O) groups excluding carboxylic acids is 1. The highest BCUT2D eigenvalue weighted by Gasteiger charge is 2.31. The molecule has 8 nitrogen and oxygen atoms in total. The van der Waals surface area contributed by atoms with Gasteiger partial charge in [0.2, 0.25) is 0 Å². The van der Waals surface area contributed by atoms with E-state index in [-0.39, 0.29) is 19.1 Å². The van der Waals surface area contributed by atoms with Crippen LogP contribution in [0.2, 0.25) is 0 Å². The maximum absolute atomic E-state index is 13.9. The number of hydrogen-bond donors (Lipinski definition) is 0. The van der Waals surface area contributed by atoms with Gasteiger partial charge in [-0.1, -0.05) is 11.1 Å². The summed E-state index contributed by atoms with van der Waals surface area (Å²) >= 11 is 1.47. The highest BCUT2D eigenvalue weighted by atomic mass is 32.1. The Labute approximate surface area is 235 Å². The number of hydrogen-bond acceptors (Lipinski definition) is 8. The Morgan fingerprint density at radius 3 is 2.68 bits per heavy atom. The summed E-state index contributed by atoms with van der Waals surface area (Å²) in [5.41, 5.74) is 0.0672. The van der Waals surface area contributed by atoms with Crippen molar-refractivity contribution in [2.75, 3.05) is 26.2 Å². The van der Waals surface area contributed by atoms with Gasteiger partial charge in [0.15, 0.2) is 6.10 Å². The van der Waals surface area contributed by atoms with Gasteiger partial charge in [0.05, 0.1) is 17.2 Å². The van der Waals surface area contributed by atoms with Crippen molar-refractivity contribution in [3.63, 3.8) is 0 Å². The van der Waals surface area contributed by atoms with Crippen molar-refractivity contribution in [2.24, 2.45) is 5.16 Å². The fourth-order valence-corrected chi connectivity index (χ4v) is 5.80. The van der Waals surface area contributed by atoms with Crippen molar-refractivity contribution in [1.29, 1.82) is 0 Å². The monoisotopic (exact) mass is 593 g/mol. The van der Waals surface area contributed by atoms with Crippen LogP contribution in [-0.2, 0) is 4.84 Å². The van der Waals surface area contributed by atoms with Gasteiger partial charge in [0.25, 0.3) is 18.8 Å². The average Bonchev–Trinajstić information content (AvgIpc) is 3.72. The number of ether oxygens (including phenoxy) is 1. The van der Waals surface area contributed by atoms with Gasteiger partial charge in [-0.25, -0.2) is 26.9 Å². The minimum atomic E-state index is -3.10. The number of alkyl halides is 4. The third kappa shape index (κ3) is 6.41. The van der Waals surface area contributed by atoms with Crippen LogP contribution < -0.4 is 4.74 Å². The van der Waals surface area contributed by atoms with Gasteiger partial charge in [0.1, 0.15) is 35.3 Å². The van der Waals surface area contributed by atoms with Gasteiger partial charge in [-0.3, -0.25) is 9.69 Å². The smallest absolute Gasteiger partial charge is 0.282 e. The van der Waals surface area contributed by atoms with E-state index < -0.39 is 42.1 Å². The van der Waals surface area contributed by atoms with Crippen LogP contribution in [0.4, 0.5) is 22.0 Å². The lowest BCUT2D eigenvalue weighted by Crippen LogP contribution is -2.39. The van der Waals surface area contributed by atoms with Crippen molar-refractivity contribution in [3.05, 3.63) is 63.1 Å². The summed E-state index contributed by atoms with van der Waals surface area (Å²) in [6, 6.07) is 4.67. The first kappa shape index (κ1) is 28.7. The number of halogens is 5. The van der Waals surface area contributed by atoms with Crippen LogP contribution in [0.15, 0.2) is 34.8 Å². The molecule has 0 amide bonds. The molecule has 5 rings (SSSR count). The number of nitrogens with zero attached hydrogens (tertiary/aromatic N) is 5. The fraction of sp³-hybridized carbons (Fsp3) is 0.407. The molecule has 0 saturated carbocycles. The third-order valence-corrected chi connectivity index (χ3v) is 7.86. The van der Waals surface area contributed by atoms with Crippen molar-refractivity contribution in [1.82, 2.24) is 19.7 Å². The number of carbonyl (C=O) groups is 1. The molecule has 1 saturated heterocycles. The van der Waals surface area contributed by atoms with Gasteiger partial charge in [-0.15, -0.1) is 17.8 Å². The summed E-state index contributed by atoms with van der Waals surface area (Å²) in [6.45, 7) is 0.790. The predicted octanol–water partition coefficient (Wildman–Crippen LogP) is 5.75. The molecule has 14 heteroatoms. The molecule has 1 aromatic carbocycles. The van der Waals surface area contributed by atoms with E-state index in [4.69, 9.17) is 21.0 Å². The molecular weight excluding hydrogens is 569 g/mol. The Bertz CT molecular complexity index is 1480. The molecule has 2 aromatic heterocycles. The van der Waals surface area contributed by atoms with E-state index in [0.29, 0.717) is 65.8 Å². The van der Waals surface area contributed by atoms with Crippen LogP contribution in [0.25, 0.3) is 0 Å².